The Balaban J connectivity index is 0.00000134. The first-order valence-corrected chi connectivity index (χ1v) is 13.3. The Kier molecular flexibility index (Phi) is 9.03. The van der Waals surface area contributed by atoms with Crippen molar-refractivity contribution in [2.45, 2.75) is 17.7 Å². The monoisotopic (exact) mass is 543 g/mol. The lowest BCUT2D eigenvalue weighted by molar-refractivity contribution is -0.106. The Morgan fingerprint density at radius 1 is 0.872 bits per heavy atom. The van der Waals surface area contributed by atoms with Gasteiger partial charge >= 0.3 is 5.97 Å². The summed E-state index contributed by atoms with van der Waals surface area (Å²) in [7, 11) is -3.90. The number of primary amides is 1. The Hall–Kier alpha value is -4.73. The van der Waals surface area contributed by atoms with Gasteiger partial charge in [-0.3, -0.25) is 4.79 Å². The van der Waals surface area contributed by atoms with E-state index < -0.39 is 16.0 Å². The molecule has 4 aromatic carbocycles. The van der Waals surface area contributed by atoms with E-state index in [0.29, 0.717) is 16.8 Å². The molecule has 0 aliphatic carbocycles. The molecule has 0 radical (unpaired) electrons. The quantitative estimate of drug-likeness (QED) is 0.250. The van der Waals surface area contributed by atoms with Crippen LogP contribution in [0.3, 0.4) is 0 Å². The van der Waals surface area contributed by atoms with Crippen LogP contribution >= 0.6 is 0 Å². The van der Waals surface area contributed by atoms with Gasteiger partial charge in [0.25, 0.3) is 0 Å². The molecule has 1 unspecified atom stereocenters. The molecule has 0 aromatic heterocycles. The number of hydrogen-bond acceptors (Lipinski definition) is 5. The summed E-state index contributed by atoms with van der Waals surface area (Å²) in [6, 6.07) is 26.7. The van der Waals surface area contributed by atoms with Crippen molar-refractivity contribution in [1.29, 1.82) is 0 Å². The highest BCUT2D eigenvalue weighted by atomic mass is 32.2. The second kappa shape index (κ2) is 12.2. The van der Waals surface area contributed by atoms with Crippen LogP contribution in [-0.4, -0.2) is 25.9 Å². The van der Waals surface area contributed by atoms with Gasteiger partial charge in [0, 0.05) is 17.2 Å². The zero-order valence-corrected chi connectivity index (χ0v) is 22.1. The molecule has 1 amide bonds. The van der Waals surface area contributed by atoms with Crippen LogP contribution in [0.2, 0.25) is 0 Å². The van der Waals surface area contributed by atoms with Gasteiger partial charge in [0.1, 0.15) is 0 Å². The first-order chi connectivity index (χ1) is 18.5. The summed E-state index contributed by atoms with van der Waals surface area (Å²) in [6.45, 7) is 5.87. The second-order valence-electron chi connectivity index (χ2n) is 8.73. The summed E-state index contributed by atoms with van der Waals surface area (Å²) in [4.78, 5) is 20.4. The molecule has 0 saturated carbocycles. The summed E-state index contributed by atoms with van der Waals surface area (Å²) >= 11 is 0. The predicted octanol–water partition coefficient (Wildman–Crippen LogP) is 4.55. The van der Waals surface area contributed by atoms with Gasteiger partial charge < -0.3 is 16.6 Å². The molecule has 4 rings (SSSR count). The van der Waals surface area contributed by atoms with Gasteiger partial charge in [-0.15, -0.1) is 0 Å². The Labute approximate surface area is 227 Å². The molecule has 0 aliphatic heterocycles. The number of aromatic carboxylic acids is 1. The van der Waals surface area contributed by atoms with E-state index in [2.05, 4.69) is 12.3 Å². The van der Waals surface area contributed by atoms with Gasteiger partial charge in [-0.2, -0.15) is 0 Å². The van der Waals surface area contributed by atoms with E-state index in [1.165, 1.54) is 6.07 Å². The molecule has 200 valence electrons. The summed E-state index contributed by atoms with van der Waals surface area (Å²) in [5, 5.41) is 15.0. The smallest absolute Gasteiger partial charge is 0.335 e. The van der Waals surface area contributed by atoms with Crippen molar-refractivity contribution in [2.75, 3.05) is 0 Å². The number of carboxylic acids is 1. The number of carbonyl (C=O) groups excluding carboxylic acids is 1. The van der Waals surface area contributed by atoms with Crippen molar-refractivity contribution in [3.8, 4) is 22.3 Å². The molecule has 0 fully saturated rings. The van der Waals surface area contributed by atoms with Crippen molar-refractivity contribution in [3.05, 3.63) is 120 Å². The van der Waals surface area contributed by atoms with E-state index in [4.69, 9.17) is 15.7 Å². The molecular formula is C30H29N3O5S. The highest BCUT2D eigenvalue weighted by Gasteiger charge is 2.18. The van der Waals surface area contributed by atoms with E-state index in [1.54, 1.807) is 42.5 Å². The zero-order valence-electron chi connectivity index (χ0n) is 21.2. The SMILES string of the molecule is C=C(N)c1cccc(C(C)c2ccc(C(=O)O)cc2-c2ccc(-c3ccccc3S(N)(=O)=O)cc2)c1.NC=O. The molecule has 0 heterocycles. The van der Waals surface area contributed by atoms with Crippen molar-refractivity contribution in [2.24, 2.45) is 16.6 Å². The molecule has 0 bridgehead atoms. The van der Waals surface area contributed by atoms with Crippen LogP contribution in [0.5, 0.6) is 0 Å². The van der Waals surface area contributed by atoms with Crippen LogP contribution in [0, 0.1) is 0 Å². The molecule has 0 saturated heterocycles. The first-order valence-electron chi connectivity index (χ1n) is 11.8. The number of amides is 1. The number of carbonyl (C=O) groups is 2. The van der Waals surface area contributed by atoms with Gasteiger partial charge in [-0.05, 0) is 57.6 Å². The van der Waals surface area contributed by atoms with Gasteiger partial charge in [0.2, 0.25) is 16.4 Å². The average molecular weight is 544 g/mol. The number of rotatable bonds is 7. The fourth-order valence-electron chi connectivity index (χ4n) is 4.29. The van der Waals surface area contributed by atoms with E-state index in [-0.39, 0.29) is 22.8 Å². The number of benzene rings is 4. The minimum absolute atomic E-state index is 0.0429. The maximum atomic E-state index is 12.0. The lowest BCUT2D eigenvalue weighted by atomic mass is 9.85. The molecular weight excluding hydrogens is 514 g/mol. The molecule has 4 aromatic rings. The number of sulfonamides is 1. The van der Waals surface area contributed by atoms with Crippen LogP contribution < -0.4 is 16.6 Å². The van der Waals surface area contributed by atoms with Gasteiger partial charge in [0.15, 0.2) is 0 Å². The molecule has 0 aliphatic rings. The summed E-state index contributed by atoms with van der Waals surface area (Å²) < 4.78 is 24.1. The van der Waals surface area contributed by atoms with E-state index >= 15 is 0 Å². The molecule has 1 atom stereocenters. The fraction of sp³-hybridized carbons (Fsp3) is 0.0667. The van der Waals surface area contributed by atoms with Gasteiger partial charge in [-0.25, -0.2) is 18.4 Å². The van der Waals surface area contributed by atoms with Crippen molar-refractivity contribution >= 4 is 28.1 Å². The van der Waals surface area contributed by atoms with E-state index in [0.717, 1.165) is 27.8 Å². The minimum atomic E-state index is -3.90. The van der Waals surface area contributed by atoms with Crippen molar-refractivity contribution < 1.29 is 23.1 Å². The molecule has 39 heavy (non-hydrogen) atoms. The molecule has 9 heteroatoms. The fourth-order valence-corrected chi connectivity index (χ4v) is 5.05. The summed E-state index contributed by atoms with van der Waals surface area (Å²) in [5.41, 5.74) is 16.2. The van der Waals surface area contributed by atoms with Gasteiger partial charge in [0.05, 0.1) is 10.5 Å². The van der Waals surface area contributed by atoms with E-state index in [9.17, 15) is 18.3 Å². The van der Waals surface area contributed by atoms with Crippen LogP contribution in [0.1, 0.15) is 39.9 Å². The van der Waals surface area contributed by atoms with Crippen LogP contribution in [-0.2, 0) is 14.8 Å². The van der Waals surface area contributed by atoms with Crippen LogP contribution in [0.15, 0.2) is 102 Å². The van der Waals surface area contributed by atoms with Crippen LogP contribution in [0.25, 0.3) is 28.0 Å². The third-order valence-corrected chi connectivity index (χ3v) is 7.19. The number of hydrogen-bond donors (Lipinski definition) is 4. The summed E-state index contributed by atoms with van der Waals surface area (Å²) in [6.07, 6.45) is 0.250. The highest BCUT2D eigenvalue weighted by molar-refractivity contribution is 7.89. The largest absolute Gasteiger partial charge is 0.478 e. The van der Waals surface area contributed by atoms with Crippen molar-refractivity contribution in [3.63, 3.8) is 0 Å². The zero-order chi connectivity index (χ0) is 28.7. The Morgan fingerprint density at radius 2 is 1.46 bits per heavy atom. The lowest BCUT2D eigenvalue weighted by Crippen LogP contribution is -2.13. The van der Waals surface area contributed by atoms with Crippen molar-refractivity contribution in [1.82, 2.24) is 0 Å². The standard InChI is InChI=1S/C29H26N2O4S.CH3NO/c1-18(22-6-5-7-23(16-22)19(2)30)25-15-14-24(29(32)33)17-27(25)21-12-10-20(11-13-21)26-8-3-4-9-28(26)36(31,34)35;2-1-3/h3-18H,2,30H2,1H3,(H,32,33)(H2,31,34,35);1H,(H2,2,3). The number of nitrogens with two attached hydrogens (primary N) is 3. The van der Waals surface area contributed by atoms with Crippen LogP contribution in [0.4, 0.5) is 0 Å². The third kappa shape index (κ3) is 6.78. The predicted molar refractivity (Wildman–Crippen MR) is 153 cm³/mol. The maximum absolute atomic E-state index is 12.0. The number of carboxylic acid groups (broad SMARTS) is 1. The topological polar surface area (TPSA) is 167 Å². The van der Waals surface area contributed by atoms with Gasteiger partial charge in [-0.1, -0.05) is 80.2 Å². The lowest BCUT2D eigenvalue weighted by Gasteiger charge is -2.19. The number of primary sulfonamides is 1. The molecule has 8 nitrogen and oxygen atoms in total. The minimum Gasteiger partial charge on any atom is -0.478 e. The maximum Gasteiger partial charge on any atom is 0.335 e. The molecule has 0 spiro atoms. The summed E-state index contributed by atoms with van der Waals surface area (Å²) in [5.74, 6) is -1.08. The van der Waals surface area contributed by atoms with E-state index in [1.807, 2.05) is 49.4 Å². The second-order valence-corrected chi connectivity index (χ2v) is 10.3. The average Bonchev–Trinajstić information content (AvgIpc) is 2.92. The Bertz CT molecular complexity index is 1630. The highest BCUT2D eigenvalue weighted by Crippen LogP contribution is 2.36. The Morgan fingerprint density at radius 3 is 2.03 bits per heavy atom. The molecule has 7 N–H and O–H groups in total. The first kappa shape index (κ1) is 28.8. The third-order valence-electron chi connectivity index (χ3n) is 6.22. The normalized spacial score (nSPS) is 11.5.